The van der Waals surface area contributed by atoms with Gasteiger partial charge in [-0.25, -0.2) is 0 Å². The SMILES string of the molecule is CC(C)=CCCCCCC=C(OC1CCCCO1)[C@H]1[C@@H]2CC(CCO)=C[C@@H]2C[C@@H]1OC1CCCCO1. The van der Waals surface area contributed by atoms with Gasteiger partial charge in [0.1, 0.15) is 5.76 Å². The number of ether oxygens (including phenoxy) is 4. The standard InChI is InChI=1S/C31H50O5/c1-23(2)12-6-4-3-5-7-13-27(35-29-14-8-10-18-33-29)31-26-21-24(16-17-32)20-25(26)22-28(31)36-30-15-9-11-19-34-30/h12-13,20,25-26,28-32H,3-11,14-19,21-22H2,1-2H3/t25-,26-,28+,29?,30?,31-/m1/s1. The molecule has 0 aromatic carbocycles. The van der Waals surface area contributed by atoms with Gasteiger partial charge in [0.05, 0.1) is 12.7 Å². The van der Waals surface area contributed by atoms with E-state index in [-0.39, 0.29) is 31.2 Å². The van der Waals surface area contributed by atoms with E-state index in [9.17, 15) is 5.11 Å². The van der Waals surface area contributed by atoms with Crippen molar-refractivity contribution in [1.82, 2.24) is 0 Å². The summed E-state index contributed by atoms with van der Waals surface area (Å²) in [5.41, 5.74) is 2.81. The second-order valence-corrected chi connectivity index (χ2v) is 11.5. The van der Waals surface area contributed by atoms with E-state index in [0.29, 0.717) is 11.8 Å². The summed E-state index contributed by atoms with van der Waals surface area (Å²) in [6.07, 6.45) is 22.3. The minimum atomic E-state index is -0.139. The van der Waals surface area contributed by atoms with Crippen molar-refractivity contribution >= 4 is 0 Å². The number of allylic oxidation sites excluding steroid dienone is 4. The van der Waals surface area contributed by atoms with Crippen molar-refractivity contribution in [2.45, 2.75) is 122 Å². The summed E-state index contributed by atoms with van der Waals surface area (Å²) >= 11 is 0. The molecule has 0 amide bonds. The summed E-state index contributed by atoms with van der Waals surface area (Å²) in [5.74, 6) is 2.29. The van der Waals surface area contributed by atoms with Crippen LogP contribution in [0, 0.1) is 17.8 Å². The quantitative estimate of drug-likeness (QED) is 0.164. The molecule has 2 aliphatic heterocycles. The van der Waals surface area contributed by atoms with E-state index in [4.69, 9.17) is 18.9 Å². The number of aliphatic hydroxyl groups excluding tert-OH is 1. The van der Waals surface area contributed by atoms with Crippen molar-refractivity contribution in [3.8, 4) is 0 Å². The highest BCUT2D eigenvalue weighted by Gasteiger charge is 2.49. The fourth-order valence-electron chi connectivity index (χ4n) is 6.47. The van der Waals surface area contributed by atoms with Gasteiger partial charge < -0.3 is 24.1 Å². The predicted octanol–water partition coefficient (Wildman–Crippen LogP) is 7.21. The van der Waals surface area contributed by atoms with Crippen molar-refractivity contribution < 1.29 is 24.1 Å². The molecule has 36 heavy (non-hydrogen) atoms. The fourth-order valence-corrected chi connectivity index (χ4v) is 6.47. The van der Waals surface area contributed by atoms with Crippen LogP contribution >= 0.6 is 0 Å². The molecule has 6 atom stereocenters. The summed E-state index contributed by atoms with van der Waals surface area (Å²) < 4.78 is 25.4. The van der Waals surface area contributed by atoms with E-state index in [0.717, 1.165) is 76.8 Å². The minimum absolute atomic E-state index is 0.0896. The highest BCUT2D eigenvalue weighted by atomic mass is 16.7. The van der Waals surface area contributed by atoms with Crippen LogP contribution in [0.4, 0.5) is 0 Å². The third-order valence-corrected chi connectivity index (χ3v) is 8.30. The monoisotopic (exact) mass is 502 g/mol. The molecular weight excluding hydrogens is 452 g/mol. The smallest absolute Gasteiger partial charge is 0.199 e. The minimum Gasteiger partial charge on any atom is -0.469 e. The Morgan fingerprint density at radius 3 is 2.36 bits per heavy atom. The van der Waals surface area contributed by atoms with Gasteiger partial charge in [0, 0.05) is 25.6 Å². The van der Waals surface area contributed by atoms with E-state index >= 15 is 0 Å². The largest absolute Gasteiger partial charge is 0.469 e. The van der Waals surface area contributed by atoms with E-state index in [1.165, 1.54) is 43.3 Å². The Labute approximate surface area is 219 Å². The average Bonchev–Trinajstić information content (AvgIpc) is 3.41. The van der Waals surface area contributed by atoms with E-state index in [1.807, 2.05) is 0 Å². The Morgan fingerprint density at radius 1 is 0.972 bits per heavy atom. The van der Waals surface area contributed by atoms with Crippen molar-refractivity contribution in [2.24, 2.45) is 17.8 Å². The van der Waals surface area contributed by atoms with Crippen LogP contribution in [0.1, 0.15) is 104 Å². The summed E-state index contributed by atoms with van der Waals surface area (Å²) in [5, 5.41) is 9.55. The van der Waals surface area contributed by atoms with Gasteiger partial charge in [-0.3, -0.25) is 0 Å². The highest BCUT2D eigenvalue weighted by Crippen LogP contribution is 2.52. The molecule has 5 heteroatoms. The zero-order valence-electron chi connectivity index (χ0n) is 22.8. The van der Waals surface area contributed by atoms with Gasteiger partial charge >= 0.3 is 0 Å². The van der Waals surface area contributed by atoms with Gasteiger partial charge in [0.2, 0.25) is 0 Å². The molecule has 4 aliphatic rings. The molecule has 204 valence electrons. The maximum Gasteiger partial charge on any atom is 0.199 e. The van der Waals surface area contributed by atoms with E-state index in [2.05, 4.69) is 32.1 Å². The Morgan fingerprint density at radius 2 is 1.69 bits per heavy atom. The van der Waals surface area contributed by atoms with Crippen LogP contribution in [0.3, 0.4) is 0 Å². The summed E-state index contributed by atoms with van der Waals surface area (Å²) in [4.78, 5) is 0. The lowest BCUT2D eigenvalue weighted by Crippen LogP contribution is -2.34. The highest BCUT2D eigenvalue weighted by molar-refractivity contribution is 5.23. The first-order chi connectivity index (χ1) is 17.6. The first-order valence-corrected chi connectivity index (χ1v) is 14.8. The molecule has 2 saturated heterocycles. The molecule has 2 unspecified atom stereocenters. The van der Waals surface area contributed by atoms with Gasteiger partial charge in [-0.15, -0.1) is 0 Å². The number of hydrogen-bond donors (Lipinski definition) is 1. The molecule has 2 aliphatic carbocycles. The molecule has 0 aromatic rings. The van der Waals surface area contributed by atoms with Crippen LogP contribution in [-0.2, 0) is 18.9 Å². The Hall–Kier alpha value is -1.14. The molecule has 2 heterocycles. The summed E-state index contributed by atoms with van der Waals surface area (Å²) in [6, 6.07) is 0. The van der Waals surface area contributed by atoms with Crippen LogP contribution in [0.25, 0.3) is 0 Å². The predicted molar refractivity (Wildman–Crippen MR) is 143 cm³/mol. The maximum absolute atomic E-state index is 9.55. The zero-order chi connectivity index (χ0) is 25.2. The van der Waals surface area contributed by atoms with Crippen LogP contribution in [0.15, 0.2) is 35.1 Å². The number of rotatable bonds is 13. The third-order valence-electron chi connectivity index (χ3n) is 8.30. The topological polar surface area (TPSA) is 57.2 Å². The fraction of sp³-hybridized carbons (Fsp3) is 0.806. The second kappa shape index (κ2) is 14.7. The Kier molecular flexibility index (Phi) is 11.4. The average molecular weight is 503 g/mol. The maximum atomic E-state index is 9.55. The van der Waals surface area contributed by atoms with E-state index in [1.54, 1.807) is 0 Å². The summed E-state index contributed by atoms with van der Waals surface area (Å²) in [7, 11) is 0. The normalized spacial score (nSPS) is 32.8. The number of fused-ring (bicyclic) bond motifs is 1. The molecule has 3 fully saturated rings. The summed E-state index contributed by atoms with van der Waals surface area (Å²) in [6.45, 7) is 6.17. The Bertz CT molecular complexity index is 740. The molecule has 1 N–H and O–H groups in total. The molecule has 0 bridgehead atoms. The first kappa shape index (κ1) is 27.9. The molecule has 1 saturated carbocycles. The molecular formula is C31H50O5. The molecule has 0 spiro atoms. The molecule has 4 rings (SSSR count). The molecule has 5 nitrogen and oxygen atoms in total. The van der Waals surface area contributed by atoms with Gasteiger partial charge in [-0.05, 0) is 109 Å². The molecule has 0 aromatic heterocycles. The van der Waals surface area contributed by atoms with Gasteiger partial charge in [-0.1, -0.05) is 29.7 Å². The molecule has 0 radical (unpaired) electrons. The van der Waals surface area contributed by atoms with Crippen molar-refractivity contribution in [2.75, 3.05) is 19.8 Å². The number of unbranched alkanes of at least 4 members (excludes halogenated alkanes) is 4. The first-order valence-electron chi connectivity index (χ1n) is 14.8. The van der Waals surface area contributed by atoms with Crippen LogP contribution in [0.2, 0.25) is 0 Å². The lowest BCUT2D eigenvalue weighted by Gasteiger charge is -2.34. The zero-order valence-corrected chi connectivity index (χ0v) is 22.8. The lowest BCUT2D eigenvalue weighted by atomic mass is 9.87. The Balaban J connectivity index is 1.46. The number of aliphatic hydroxyl groups is 1. The second-order valence-electron chi connectivity index (χ2n) is 11.5. The van der Waals surface area contributed by atoms with Crippen molar-refractivity contribution in [3.63, 3.8) is 0 Å². The van der Waals surface area contributed by atoms with Crippen molar-refractivity contribution in [3.05, 3.63) is 35.1 Å². The van der Waals surface area contributed by atoms with Crippen molar-refractivity contribution in [1.29, 1.82) is 0 Å². The van der Waals surface area contributed by atoms with Crippen LogP contribution in [0.5, 0.6) is 0 Å². The van der Waals surface area contributed by atoms with Gasteiger partial charge in [0.15, 0.2) is 12.6 Å². The van der Waals surface area contributed by atoms with Gasteiger partial charge in [0.25, 0.3) is 0 Å². The van der Waals surface area contributed by atoms with Gasteiger partial charge in [-0.2, -0.15) is 0 Å². The number of hydrogen-bond acceptors (Lipinski definition) is 5. The third kappa shape index (κ3) is 8.18. The van der Waals surface area contributed by atoms with E-state index < -0.39 is 0 Å². The van der Waals surface area contributed by atoms with Crippen LogP contribution < -0.4 is 0 Å². The van der Waals surface area contributed by atoms with Crippen LogP contribution in [-0.4, -0.2) is 43.6 Å². The lowest BCUT2D eigenvalue weighted by molar-refractivity contribution is -0.200.